The molecule has 0 radical (unpaired) electrons. The molecule has 0 heterocycles. The molecule has 0 bridgehead atoms. The zero-order chi connectivity index (χ0) is 14.4. The Hall–Kier alpha value is -1.24. The fourth-order valence-electron chi connectivity index (χ4n) is 1.72. The fourth-order valence-corrected chi connectivity index (χ4v) is 2.76. The molecule has 0 aromatic heterocycles. The molecule has 0 aliphatic carbocycles. The van der Waals surface area contributed by atoms with Crippen LogP contribution < -0.4 is 10.2 Å². The largest absolute Gasteiger partial charge is 0.630 e. The number of quaternary nitrogens is 1. The van der Waals surface area contributed by atoms with Crippen molar-refractivity contribution in [1.82, 2.24) is 4.72 Å². The van der Waals surface area contributed by atoms with Crippen LogP contribution in [0.5, 0.6) is 0 Å². The van der Waals surface area contributed by atoms with Crippen LogP contribution in [0.4, 0.5) is 5.69 Å². The fraction of sp³-hybridized carbons (Fsp3) is 0.143. The molecule has 106 valence electrons. The minimum absolute atomic E-state index is 0.370. The molecule has 0 aliphatic heterocycles. The van der Waals surface area contributed by atoms with Crippen molar-refractivity contribution in [2.24, 2.45) is 0 Å². The summed E-state index contributed by atoms with van der Waals surface area (Å²) in [5.41, 5.74) is 3.27. The van der Waals surface area contributed by atoms with E-state index >= 15 is 0 Å². The van der Waals surface area contributed by atoms with Crippen molar-refractivity contribution in [2.45, 2.75) is 12.3 Å². The lowest BCUT2D eigenvalue weighted by molar-refractivity contribution is -0.497. The molecule has 2 aromatic rings. The number of rotatable bonds is 6. The van der Waals surface area contributed by atoms with Gasteiger partial charge in [0.1, 0.15) is 5.69 Å². The minimum atomic E-state index is -1.19. The summed E-state index contributed by atoms with van der Waals surface area (Å²) in [5.74, 6) is 0.370. The summed E-state index contributed by atoms with van der Waals surface area (Å²) in [5, 5.41) is 11.4. The molecule has 6 heteroatoms. The first-order valence-corrected chi connectivity index (χ1v) is 7.77. The molecule has 0 saturated heterocycles. The predicted octanol–water partition coefficient (Wildman–Crippen LogP) is 1.99. The van der Waals surface area contributed by atoms with E-state index in [1.165, 1.54) is 0 Å². The van der Waals surface area contributed by atoms with E-state index in [4.69, 9.17) is 11.6 Å². The van der Waals surface area contributed by atoms with E-state index in [9.17, 15) is 9.42 Å². The topological polar surface area (TPSA) is 68.8 Å². The first-order valence-electron chi connectivity index (χ1n) is 6.08. The number of hydrogen-bond acceptors (Lipinski definition) is 2. The third kappa shape index (κ3) is 4.70. The van der Waals surface area contributed by atoms with Gasteiger partial charge in [0, 0.05) is 17.6 Å². The lowest BCUT2D eigenvalue weighted by Gasteiger charge is -2.07. The molecule has 1 unspecified atom stereocenters. The Labute approximate surface area is 125 Å². The lowest BCUT2D eigenvalue weighted by Crippen LogP contribution is -2.70. The normalized spacial score (nSPS) is 12.3. The molecule has 20 heavy (non-hydrogen) atoms. The molecule has 0 spiro atoms. The van der Waals surface area contributed by atoms with Gasteiger partial charge in [-0.05, 0) is 29.3 Å². The number of nitrogens with two attached hydrogens (primary N) is 1. The highest BCUT2D eigenvalue weighted by Crippen LogP contribution is 2.10. The van der Waals surface area contributed by atoms with Crippen molar-refractivity contribution >= 4 is 28.3 Å². The monoisotopic (exact) mass is 310 g/mol. The number of hydrogen-bond donors (Lipinski definition) is 2. The van der Waals surface area contributed by atoms with E-state index in [-0.39, 0.29) is 0 Å². The van der Waals surface area contributed by atoms with Gasteiger partial charge < -0.3 is 10.7 Å². The highest BCUT2D eigenvalue weighted by molar-refractivity contribution is 7.82. The van der Waals surface area contributed by atoms with Gasteiger partial charge in [-0.2, -0.15) is 0 Å². The van der Waals surface area contributed by atoms with Crippen molar-refractivity contribution in [1.29, 1.82) is 0 Å². The Morgan fingerprint density at radius 3 is 2.60 bits per heavy atom. The van der Waals surface area contributed by atoms with Crippen molar-refractivity contribution in [3.63, 3.8) is 0 Å². The van der Waals surface area contributed by atoms with Crippen molar-refractivity contribution < 1.29 is 9.69 Å². The van der Waals surface area contributed by atoms with Crippen molar-refractivity contribution in [3.05, 3.63) is 69.9 Å². The van der Waals surface area contributed by atoms with Crippen LogP contribution >= 0.6 is 11.6 Å². The van der Waals surface area contributed by atoms with Crippen LogP contribution in [0.2, 0.25) is 5.02 Å². The van der Waals surface area contributed by atoms with Crippen LogP contribution in [0.15, 0.2) is 48.5 Å². The quantitative estimate of drug-likeness (QED) is 0.633. The highest BCUT2D eigenvalue weighted by atomic mass is 35.5. The van der Waals surface area contributed by atoms with Crippen LogP contribution in [0, 0.1) is 5.21 Å². The number of benzene rings is 2. The van der Waals surface area contributed by atoms with Gasteiger partial charge in [-0.3, -0.25) is 0 Å². The van der Waals surface area contributed by atoms with E-state index in [2.05, 4.69) is 4.72 Å². The van der Waals surface area contributed by atoms with E-state index < -0.39 is 11.0 Å². The summed E-state index contributed by atoms with van der Waals surface area (Å²) >= 11 is 5.80. The van der Waals surface area contributed by atoms with Gasteiger partial charge in [0.25, 0.3) is 0 Å². The summed E-state index contributed by atoms with van der Waals surface area (Å²) < 4.78 is 14.9. The van der Waals surface area contributed by atoms with E-state index in [1.807, 2.05) is 18.2 Å². The van der Waals surface area contributed by atoms with Crippen LogP contribution in [0.25, 0.3) is 0 Å². The van der Waals surface area contributed by atoms with Crippen LogP contribution in [-0.2, 0) is 23.3 Å². The molecule has 0 fully saturated rings. The van der Waals surface area contributed by atoms with Gasteiger partial charge in [-0.25, -0.2) is 8.93 Å². The van der Waals surface area contributed by atoms with Gasteiger partial charge in [0.15, 0.2) is 0 Å². The SMILES string of the molecule is O=S(Cc1cccc([NH2+][O-])c1)NCc1ccc(Cl)cc1. The number of halogens is 1. The van der Waals surface area contributed by atoms with E-state index in [0.29, 0.717) is 23.0 Å². The van der Waals surface area contributed by atoms with Crippen LogP contribution in [0.1, 0.15) is 11.1 Å². The smallest absolute Gasteiger partial charge is 0.129 e. The Bertz CT molecular complexity index is 590. The summed E-state index contributed by atoms with van der Waals surface area (Å²) in [6, 6.07) is 14.5. The zero-order valence-corrected chi connectivity index (χ0v) is 12.3. The van der Waals surface area contributed by atoms with Crippen molar-refractivity contribution in [3.8, 4) is 0 Å². The lowest BCUT2D eigenvalue weighted by atomic mass is 10.2. The van der Waals surface area contributed by atoms with Gasteiger partial charge in [-0.1, -0.05) is 35.9 Å². The van der Waals surface area contributed by atoms with Gasteiger partial charge in [0.05, 0.1) is 16.7 Å². The minimum Gasteiger partial charge on any atom is -0.630 e. The molecule has 0 amide bonds. The highest BCUT2D eigenvalue weighted by Gasteiger charge is 2.03. The summed E-state index contributed by atoms with van der Waals surface area (Å²) in [4.78, 5) is 0. The molecule has 2 rings (SSSR count). The summed E-state index contributed by atoms with van der Waals surface area (Å²) in [6.07, 6.45) is 0. The third-order valence-corrected chi connectivity index (χ3v) is 4.05. The second-order valence-corrected chi connectivity index (χ2v) is 6.01. The molecular formula is C14H15ClN2O2S. The Balaban J connectivity index is 1.87. The number of nitrogens with one attached hydrogen (secondary N) is 1. The first-order chi connectivity index (χ1) is 9.67. The average molecular weight is 311 g/mol. The molecule has 2 aromatic carbocycles. The van der Waals surface area contributed by atoms with Gasteiger partial charge in [-0.15, -0.1) is 0 Å². The Morgan fingerprint density at radius 1 is 1.15 bits per heavy atom. The standard InChI is InChI=1S/C14H15ClN2O2S/c15-13-6-4-11(5-7-13)9-16-20(19)10-12-2-1-3-14(8-12)17-18/h1-8,16H,9-10,17H2. The maximum atomic E-state index is 11.9. The molecule has 3 N–H and O–H groups in total. The second kappa shape index (κ2) is 7.52. The van der Waals surface area contributed by atoms with E-state index in [0.717, 1.165) is 16.6 Å². The molecule has 4 nitrogen and oxygen atoms in total. The molecule has 0 saturated carbocycles. The van der Waals surface area contributed by atoms with E-state index in [1.54, 1.807) is 30.3 Å². The molecular weight excluding hydrogens is 296 g/mol. The zero-order valence-electron chi connectivity index (χ0n) is 10.7. The Kier molecular flexibility index (Phi) is 5.70. The summed E-state index contributed by atoms with van der Waals surface area (Å²) in [6.45, 7) is 0.511. The van der Waals surface area contributed by atoms with Gasteiger partial charge >= 0.3 is 0 Å². The van der Waals surface area contributed by atoms with Gasteiger partial charge in [0.2, 0.25) is 0 Å². The maximum absolute atomic E-state index is 11.9. The average Bonchev–Trinajstić information content (AvgIpc) is 2.47. The third-order valence-electron chi connectivity index (χ3n) is 2.74. The Morgan fingerprint density at radius 2 is 1.90 bits per heavy atom. The second-order valence-electron chi connectivity index (χ2n) is 4.30. The van der Waals surface area contributed by atoms with Crippen molar-refractivity contribution in [2.75, 3.05) is 0 Å². The predicted molar refractivity (Wildman–Crippen MR) is 81.5 cm³/mol. The first kappa shape index (κ1) is 15.2. The summed E-state index contributed by atoms with van der Waals surface area (Å²) in [7, 11) is -1.19. The molecule has 0 aliphatic rings. The maximum Gasteiger partial charge on any atom is 0.129 e. The molecule has 1 atom stereocenters. The van der Waals surface area contributed by atoms with Crippen LogP contribution in [0.3, 0.4) is 0 Å². The van der Waals surface area contributed by atoms with Crippen LogP contribution in [-0.4, -0.2) is 4.21 Å².